The quantitative estimate of drug-likeness (QED) is 0.139. The summed E-state index contributed by atoms with van der Waals surface area (Å²) in [4.78, 5) is 29.7. The fourth-order valence-corrected chi connectivity index (χ4v) is 7.31. The number of hydrogen-bond donors (Lipinski definition) is 0. The second-order valence-corrected chi connectivity index (χ2v) is 11.5. The molecule has 2 bridgehead atoms. The summed E-state index contributed by atoms with van der Waals surface area (Å²) in [6.07, 6.45) is 4.04. The van der Waals surface area contributed by atoms with Crippen LogP contribution in [0.4, 0.5) is 0 Å². The summed E-state index contributed by atoms with van der Waals surface area (Å²) in [5, 5.41) is 0. The van der Waals surface area contributed by atoms with E-state index in [0.717, 1.165) is 39.0 Å². The van der Waals surface area contributed by atoms with Crippen LogP contribution in [0.3, 0.4) is 0 Å². The average Bonchev–Trinajstić information content (AvgIpc) is 3.10. The molecule has 214 valence electrons. The zero-order chi connectivity index (χ0) is 30.1. The molecule has 0 saturated heterocycles. The predicted octanol–water partition coefficient (Wildman–Crippen LogP) is 8.20. The molecule has 0 radical (unpaired) electrons. The number of allylic oxidation sites excluding steroid dienone is 2. The van der Waals surface area contributed by atoms with Gasteiger partial charge in [0, 0.05) is 18.9 Å². The standard InChI is InChI=1S/C41H32O3/c1-44-41-28-34(29-17-7-2-8-18-29)40(38(42)39(41)43,37(32-23-13-5-14-24-32)33-25-15-6-16-26-33)27-35(41)36(30-19-9-3-10-20-30)31-21-11-4-12-22-31/h2-28,36-37H,1H3/t40-,41+/m1/s1. The monoisotopic (exact) mass is 572 g/mol. The number of fused-ring (bicyclic) bond motifs is 1. The zero-order valence-electron chi connectivity index (χ0n) is 24.5. The second kappa shape index (κ2) is 11.2. The van der Waals surface area contributed by atoms with Crippen LogP contribution in [0, 0.1) is 5.41 Å². The van der Waals surface area contributed by atoms with Crippen LogP contribution in [0.15, 0.2) is 169 Å². The van der Waals surface area contributed by atoms with Crippen molar-refractivity contribution < 1.29 is 14.3 Å². The van der Waals surface area contributed by atoms with Gasteiger partial charge in [-0.1, -0.05) is 158 Å². The van der Waals surface area contributed by atoms with Crippen molar-refractivity contribution in [2.45, 2.75) is 17.4 Å². The van der Waals surface area contributed by atoms with E-state index in [1.54, 1.807) is 0 Å². The third-order valence-corrected chi connectivity index (χ3v) is 9.23. The Morgan fingerprint density at radius 2 is 0.909 bits per heavy atom. The molecular weight excluding hydrogens is 540 g/mol. The Labute approximate surface area is 258 Å². The molecule has 3 aliphatic rings. The van der Waals surface area contributed by atoms with Gasteiger partial charge in [-0.25, -0.2) is 0 Å². The highest BCUT2D eigenvalue weighted by molar-refractivity contribution is 6.49. The van der Waals surface area contributed by atoms with E-state index >= 15 is 0 Å². The number of ketones is 2. The molecule has 0 amide bonds. The summed E-state index contributed by atoms with van der Waals surface area (Å²) in [7, 11) is 1.54. The van der Waals surface area contributed by atoms with Crippen molar-refractivity contribution in [1.29, 1.82) is 0 Å². The van der Waals surface area contributed by atoms with Crippen molar-refractivity contribution in [3.8, 4) is 0 Å². The van der Waals surface area contributed by atoms with E-state index in [2.05, 4.69) is 54.6 Å². The molecule has 0 heterocycles. The number of benzene rings is 5. The highest BCUT2D eigenvalue weighted by Crippen LogP contribution is 2.62. The average molecular weight is 573 g/mol. The van der Waals surface area contributed by atoms with Gasteiger partial charge in [0.2, 0.25) is 11.6 Å². The first-order valence-corrected chi connectivity index (χ1v) is 15.0. The lowest BCUT2D eigenvalue weighted by molar-refractivity contribution is -0.151. The van der Waals surface area contributed by atoms with Gasteiger partial charge >= 0.3 is 0 Å². The first kappa shape index (κ1) is 27.7. The van der Waals surface area contributed by atoms with Gasteiger partial charge in [-0.15, -0.1) is 0 Å². The molecule has 0 unspecified atom stereocenters. The molecule has 3 nitrogen and oxygen atoms in total. The molecule has 8 rings (SSSR count). The van der Waals surface area contributed by atoms with E-state index in [1.165, 1.54) is 7.11 Å². The molecule has 0 saturated carbocycles. The zero-order valence-corrected chi connectivity index (χ0v) is 24.5. The SMILES string of the molecule is CO[C@@]12C=C(c3ccccc3)[C@@](C(c3ccccc3)c3ccccc3)(C=C1C(c1ccccc1)c1ccccc1)C(=O)C2=O. The topological polar surface area (TPSA) is 43.4 Å². The van der Waals surface area contributed by atoms with E-state index in [4.69, 9.17) is 4.74 Å². The Balaban J connectivity index is 1.61. The van der Waals surface area contributed by atoms with Crippen molar-refractivity contribution in [2.24, 2.45) is 5.41 Å². The Morgan fingerprint density at radius 3 is 1.34 bits per heavy atom. The second-order valence-electron chi connectivity index (χ2n) is 11.5. The molecule has 44 heavy (non-hydrogen) atoms. The summed E-state index contributed by atoms with van der Waals surface area (Å²) in [5.74, 6) is -1.78. The minimum Gasteiger partial charge on any atom is -0.361 e. The number of Topliss-reactive ketones (excluding diaryl/α,β-unsaturated/α-hetero) is 2. The number of carbonyl (C=O) groups excluding carboxylic acids is 2. The van der Waals surface area contributed by atoms with E-state index in [1.807, 2.05) is 109 Å². The molecular formula is C41H32O3. The summed E-state index contributed by atoms with van der Waals surface area (Å²) < 4.78 is 6.26. The van der Waals surface area contributed by atoms with Crippen LogP contribution in [-0.2, 0) is 14.3 Å². The lowest BCUT2D eigenvalue weighted by Gasteiger charge is -2.52. The van der Waals surface area contributed by atoms with Crippen LogP contribution >= 0.6 is 0 Å². The normalized spacial score (nSPS) is 21.0. The van der Waals surface area contributed by atoms with Crippen molar-refractivity contribution in [3.05, 3.63) is 197 Å². The number of rotatable bonds is 8. The van der Waals surface area contributed by atoms with Gasteiger partial charge in [-0.2, -0.15) is 0 Å². The molecule has 0 spiro atoms. The lowest BCUT2D eigenvalue weighted by Crippen LogP contribution is -2.61. The summed E-state index contributed by atoms with van der Waals surface area (Å²) >= 11 is 0. The smallest absolute Gasteiger partial charge is 0.239 e. The van der Waals surface area contributed by atoms with Crippen molar-refractivity contribution in [1.82, 2.24) is 0 Å². The van der Waals surface area contributed by atoms with Gasteiger partial charge in [0.25, 0.3) is 0 Å². The Morgan fingerprint density at radius 1 is 0.500 bits per heavy atom. The summed E-state index contributed by atoms with van der Waals surface area (Å²) in [6, 6.07) is 50.4. The molecule has 0 N–H and O–H groups in total. The summed E-state index contributed by atoms with van der Waals surface area (Å²) in [6.45, 7) is 0. The number of methoxy groups -OCH3 is 1. The summed E-state index contributed by atoms with van der Waals surface area (Å²) in [5.41, 5.74) is 3.52. The van der Waals surface area contributed by atoms with Gasteiger partial charge in [0.15, 0.2) is 5.60 Å². The Bertz CT molecular complexity index is 1780. The van der Waals surface area contributed by atoms with Crippen LogP contribution < -0.4 is 0 Å². The minimum atomic E-state index is -1.56. The predicted molar refractivity (Wildman–Crippen MR) is 174 cm³/mol. The maximum Gasteiger partial charge on any atom is 0.239 e. The first-order valence-electron chi connectivity index (χ1n) is 15.0. The first-order chi connectivity index (χ1) is 21.6. The van der Waals surface area contributed by atoms with E-state index < -0.39 is 28.5 Å². The molecule has 3 heteroatoms. The highest BCUT2D eigenvalue weighted by Gasteiger charge is 2.65. The maximum absolute atomic E-state index is 15.0. The van der Waals surface area contributed by atoms with Crippen LogP contribution in [0.25, 0.3) is 5.57 Å². The van der Waals surface area contributed by atoms with Gasteiger partial charge in [0.05, 0.1) is 5.41 Å². The van der Waals surface area contributed by atoms with Crippen molar-refractivity contribution in [2.75, 3.05) is 7.11 Å². The Kier molecular flexibility index (Phi) is 7.04. The van der Waals surface area contributed by atoms with Crippen LogP contribution in [0.1, 0.15) is 39.7 Å². The fourth-order valence-electron chi connectivity index (χ4n) is 7.31. The molecule has 2 atom stereocenters. The number of carbonyl (C=O) groups is 2. The van der Waals surface area contributed by atoms with Crippen LogP contribution in [0.2, 0.25) is 0 Å². The fraction of sp³-hybridized carbons (Fsp3) is 0.122. The van der Waals surface area contributed by atoms with E-state index in [9.17, 15) is 9.59 Å². The van der Waals surface area contributed by atoms with Gasteiger partial charge in [-0.3, -0.25) is 9.59 Å². The molecule has 3 aliphatic carbocycles. The van der Waals surface area contributed by atoms with E-state index in [0.29, 0.717) is 0 Å². The van der Waals surface area contributed by atoms with Gasteiger partial charge < -0.3 is 4.74 Å². The Hall–Kier alpha value is -5.12. The third kappa shape index (κ3) is 4.24. The molecule has 5 aromatic rings. The van der Waals surface area contributed by atoms with E-state index in [-0.39, 0.29) is 5.92 Å². The molecule has 5 aromatic carbocycles. The van der Waals surface area contributed by atoms with Gasteiger partial charge in [-0.05, 0) is 45.0 Å². The van der Waals surface area contributed by atoms with Crippen LogP contribution in [0.5, 0.6) is 0 Å². The minimum absolute atomic E-state index is 0.324. The molecule has 0 aliphatic heterocycles. The van der Waals surface area contributed by atoms with Crippen molar-refractivity contribution in [3.63, 3.8) is 0 Å². The number of ether oxygens (including phenoxy) is 1. The molecule has 0 fully saturated rings. The largest absolute Gasteiger partial charge is 0.361 e. The lowest BCUT2D eigenvalue weighted by atomic mass is 9.49. The van der Waals surface area contributed by atoms with Crippen molar-refractivity contribution >= 4 is 17.1 Å². The van der Waals surface area contributed by atoms with Crippen LogP contribution in [-0.4, -0.2) is 24.3 Å². The van der Waals surface area contributed by atoms with Gasteiger partial charge in [0.1, 0.15) is 0 Å². The number of hydrogen-bond acceptors (Lipinski definition) is 3. The maximum atomic E-state index is 15.0. The molecule has 0 aromatic heterocycles. The highest BCUT2D eigenvalue weighted by atomic mass is 16.5. The third-order valence-electron chi connectivity index (χ3n) is 9.23.